The fraction of sp³-hybridized carbons (Fsp3) is 0.607. The van der Waals surface area contributed by atoms with Crippen LogP contribution in [0.2, 0.25) is 0 Å². The van der Waals surface area contributed by atoms with Gasteiger partial charge in [0, 0.05) is 25.2 Å². The Kier molecular flexibility index (Phi) is 10.4. The molecular formula is C28H41N7O6. The van der Waals surface area contributed by atoms with E-state index in [0.717, 1.165) is 0 Å². The SMILES string of the molecule is CC(=O)c1c(C)nn(CCC(=O)N[C@H]2CCCCNC(=O)[C@@H](C)NC(=O)c3nc(oc3C)[C@H](C(C)C)NC2=O)c1C. The molecule has 4 amide bonds. The van der Waals surface area contributed by atoms with Crippen LogP contribution in [-0.2, 0) is 20.9 Å². The van der Waals surface area contributed by atoms with E-state index in [0.29, 0.717) is 42.8 Å². The van der Waals surface area contributed by atoms with E-state index < -0.39 is 29.9 Å². The van der Waals surface area contributed by atoms with Crippen LogP contribution in [-0.4, -0.2) is 62.8 Å². The van der Waals surface area contributed by atoms with Gasteiger partial charge in [0.15, 0.2) is 11.5 Å². The predicted octanol–water partition coefficient (Wildman–Crippen LogP) is 1.81. The molecule has 0 unspecified atom stereocenters. The van der Waals surface area contributed by atoms with Gasteiger partial charge in [-0.1, -0.05) is 13.8 Å². The quantitative estimate of drug-likeness (QED) is 0.379. The normalized spacial score (nSPS) is 20.8. The maximum atomic E-state index is 13.5. The number of fused-ring (bicyclic) bond motifs is 2. The molecule has 0 radical (unpaired) electrons. The standard InChI is InChI=1S/C28H41N7O6/c1-14(2)23-28-33-24(19(7)41-28)27(40)30-16(4)25(38)29-12-9-8-10-20(26(39)32-23)31-21(37)11-13-35-17(5)22(18(6)36)15(3)34-35/h14,16,20,23H,8-13H2,1-7H3,(H,29,38)(H,30,40)(H,31,37)(H,32,39)/t16-,20+,23+/m1/s1. The van der Waals surface area contributed by atoms with Crippen LogP contribution in [0.1, 0.15) is 103 Å². The molecule has 224 valence electrons. The predicted molar refractivity (Wildman–Crippen MR) is 149 cm³/mol. The van der Waals surface area contributed by atoms with Gasteiger partial charge in [-0.05, 0) is 59.8 Å². The van der Waals surface area contributed by atoms with Gasteiger partial charge >= 0.3 is 0 Å². The monoisotopic (exact) mass is 571 g/mol. The molecule has 0 fully saturated rings. The fourth-order valence-electron chi connectivity index (χ4n) is 4.86. The number of aryl methyl sites for hydroxylation is 3. The minimum Gasteiger partial charge on any atom is -0.443 e. The van der Waals surface area contributed by atoms with Crippen molar-refractivity contribution in [3.63, 3.8) is 0 Å². The highest BCUT2D eigenvalue weighted by molar-refractivity contribution is 5.97. The molecule has 1 aliphatic rings. The Labute approximate surface area is 239 Å². The van der Waals surface area contributed by atoms with Gasteiger partial charge in [-0.2, -0.15) is 5.10 Å². The summed E-state index contributed by atoms with van der Waals surface area (Å²) in [5.74, 6) is -1.45. The molecule has 2 aromatic heterocycles. The third kappa shape index (κ3) is 7.80. The van der Waals surface area contributed by atoms with Gasteiger partial charge in [-0.25, -0.2) is 4.98 Å². The molecule has 3 heterocycles. The second kappa shape index (κ2) is 13.6. The molecule has 13 nitrogen and oxygen atoms in total. The van der Waals surface area contributed by atoms with E-state index in [-0.39, 0.29) is 53.8 Å². The van der Waals surface area contributed by atoms with Crippen LogP contribution in [0.25, 0.3) is 0 Å². The molecule has 0 aliphatic carbocycles. The number of nitrogens with one attached hydrogen (secondary N) is 4. The molecule has 13 heteroatoms. The largest absolute Gasteiger partial charge is 0.443 e. The maximum Gasteiger partial charge on any atom is 0.274 e. The van der Waals surface area contributed by atoms with Crippen molar-refractivity contribution in [3.05, 3.63) is 34.3 Å². The zero-order chi connectivity index (χ0) is 30.4. The van der Waals surface area contributed by atoms with Gasteiger partial charge in [0.1, 0.15) is 23.9 Å². The summed E-state index contributed by atoms with van der Waals surface area (Å²) in [6, 6.07) is -2.29. The smallest absolute Gasteiger partial charge is 0.274 e. The highest BCUT2D eigenvalue weighted by Crippen LogP contribution is 2.24. The van der Waals surface area contributed by atoms with E-state index in [1.165, 1.54) is 6.92 Å². The molecule has 0 saturated carbocycles. The van der Waals surface area contributed by atoms with Gasteiger partial charge in [-0.3, -0.25) is 28.7 Å². The lowest BCUT2D eigenvalue weighted by molar-refractivity contribution is -0.130. The van der Waals surface area contributed by atoms with Crippen molar-refractivity contribution in [2.75, 3.05) is 6.54 Å². The van der Waals surface area contributed by atoms with Crippen LogP contribution in [0.4, 0.5) is 0 Å². The van der Waals surface area contributed by atoms with E-state index in [1.54, 1.807) is 32.4 Å². The molecule has 41 heavy (non-hydrogen) atoms. The Morgan fingerprint density at radius 2 is 1.80 bits per heavy atom. The highest BCUT2D eigenvalue weighted by atomic mass is 16.4. The number of aromatic nitrogens is 3. The van der Waals surface area contributed by atoms with Gasteiger partial charge in [0.25, 0.3) is 5.91 Å². The summed E-state index contributed by atoms with van der Waals surface area (Å²) in [6.45, 7) is 12.6. The van der Waals surface area contributed by atoms with E-state index >= 15 is 0 Å². The Hall–Kier alpha value is -4.03. The number of amides is 4. The van der Waals surface area contributed by atoms with E-state index in [9.17, 15) is 24.0 Å². The van der Waals surface area contributed by atoms with Gasteiger partial charge in [0.05, 0.1) is 11.3 Å². The number of Topliss-reactive ketones (excluding diaryl/α,β-unsaturated/α-hetero) is 1. The third-order valence-electron chi connectivity index (χ3n) is 7.15. The van der Waals surface area contributed by atoms with E-state index in [1.807, 2.05) is 13.8 Å². The lowest BCUT2D eigenvalue weighted by atomic mass is 10.0. The first-order valence-electron chi connectivity index (χ1n) is 14.0. The molecule has 3 rings (SSSR count). The van der Waals surface area contributed by atoms with Gasteiger partial charge < -0.3 is 25.7 Å². The molecule has 0 saturated heterocycles. The van der Waals surface area contributed by atoms with Crippen LogP contribution < -0.4 is 21.3 Å². The summed E-state index contributed by atoms with van der Waals surface area (Å²) in [5.41, 5.74) is 1.88. The minimum absolute atomic E-state index is 0.0357. The second-order valence-electron chi connectivity index (χ2n) is 10.9. The summed E-state index contributed by atoms with van der Waals surface area (Å²) >= 11 is 0. The van der Waals surface area contributed by atoms with Crippen LogP contribution in [0.5, 0.6) is 0 Å². The van der Waals surface area contributed by atoms with Gasteiger partial charge in [-0.15, -0.1) is 0 Å². The Morgan fingerprint density at radius 3 is 2.44 bits per heavy atom. The molecule has 2 aromatic rings. The van der Waals surface area contributed by atoms with Crippen molar-refractivity contribution in [2.24, 2.45) is 5.92 Å². The summed E-state index contributed by atoms with van der Waals surface area (Å²) in [6.07, 6.45) is 1.52. The van der Waals surface area contributed by atoms with E-state index in [4.69, 9.17) is 4.42 Å². The van der Waals surface area contributed by atoms with Crippen molar-refractivity contribution in [2.45, 2.75) is 98.8 Å². The number of nitrogens with zero attached hydrogens (tertiary/aromatic N) is 3. The Bertz CT molecular complexity index is 1310. The number of ketones is 1. The van der Waals surface area contributed by atoms with Crippen molar-refractivity contribution in [3.8, 4) is 0 Å². The van der Waals surface area contributed by atoms with Crippen molar-refractivity contribution >= 4 is 29.4 Å². The lowest BCUT2D eigenvalue weighted by Gasteiger charge is -2.24. The lowest BCUT2D eigenvalue weighted by Crippen LogP contribution is -2.49. The number of rotatable bonds is 6. The maximum absolute atomic E-state index is 13.5. The van der Waals surface area contributed by atoms with Crippen LogP contribution in [0, 0.1) is 26.7 Å². The number of hydrogen-bond acceptors (Lipinski definition) is 8. The van der Waals surface area contributed by atoms with Crippen LogP contribution in [0.3, 0.4) is 0 Å². The summed E-state index contributed by atoms with van der Waals surface area (Å²) in [7, 11) is 0. The second-order valence-corrected chi connectivity index (χ2v) is 10.9. The zero-order valence-electron chi connectivity index (χ0n) is 24.8. The average Bonchev–Trinajstić information content (AvgIpc) is 3.41. The summed E-state index contributed by atoms with van der Waals surface area (Å²) in [4.78, 5) is 68.0. The minimum atomic E-state index is -0.849. The van der Waals surface area contributed by atoms with Crippen LogP contribution >= 0.6 is 0 Å². The molecule has 4 N–H and O–H groups in total. The molecule has 0 aromatic carbocycles. The molecule has 0 spiro atoms. The Morgan fingerprint density at radius 1 is 1.10 bits per heavy atom. The number of hydrogen-bond donors (Lipinski definition) is 4. The van der Waals surface area contributed by atoms with Crippen molar-refractivity contribution in [1.29, 1.82) is 0 Å². The molecule has 1 aliphatic heterocycles. The summed E-state index contributed by atoms with van der Waals surface area (Å²) < 4.78 is 7.41. The molecular weight excluding hydrogens is 530 g/mol. The van der Waals surface area contributed by atoms with Gasteiger partial charge in [0.2, 0.25) is 23.6 Å². The molecule has 3 atom stereocenters. The number of oxazole rings is 1. The first-order valence-corrected chi connectivity index (χ1v) is 14.0. The topological polar surface area (TPSA) is 177 Å². The first kappa shape index (κ1) is 31.5. The third-order valence-corrected chi connectivity index (χ3v) is 7.15. The number of carbonyl (C=O) groups is 5. The van der Waals surface area contributed by atoms with Crippen molar-refractivity contribution < 1.29 is 28.4 Å². The zero-order valence-corrected chi connectivity index (χ0v) is 24.8. The fourth-order valence-corrected chi connectivity index (χ4v) is 4.86. The average molecular weight is 572 g/mol. The number of carbonyl (C=O) groups excluding carboxylic acids is 5. The summed E-state index contributed by atoms with van der Waals surface area (Å²) in [5, 5.41) is 15.6. The highest BCUT2D eigenvalue weighted by Gasteiger charge is 2.31. The molecule has 2 bridgehead atoms. The Balaban J connectivity index is 1.80. The van der Waals surface area contributed by atoms with Crippen molar-refractivity contribution in [1.82, 2.24) is 36.0 Å². The van der Waals surface area contributed by atoms with Crippen LogP contribution in [0.15, 0.2) is 4.42 Å². The van der Waals surface area contributed by atoms with E-state index in [2.05, 4.69) is 31.3 Å². The first-order chi connectivity index (χ1) is 19.3.